The van der Waals surface area contributed by atoms with Crippen LogP contribution in [0.15, 0.2) is 18.3 Å². The van der Waals surface area contributed by atoms with Crippen molar-refractivity contribution in [2.45, 2.75) is 13.0 Å². The third-order valence-corrected chi connectivity index (χ3v) is 3.32. The molecule has 1 aliphatic rings. The fourth-order valence-electron chi connectivity index (χ4n) is 2.19. The zero-order chi connectivity index (χ0) is 12.8. The van der Waals surface area contributed by atoms with Crippen LogP contribution in [0.2, 0.25) is 0 Å². The summed E-state index contributed by atoms with van der Waals surface area (Å²) in [6.07, 6.45) is 3.10. The van der Waals surface area contributed by atoms with Gasteiger partial charge in [-0.2, -0.15) is 0 Å². The van der Waals surface area contributed by atoms with E-state index in [1.807, 2.05) is 29.9 Å². The molecule has 5 heteroatoms. The lowest BCUT2D eigenvalue weighted by molar-refractivity contribution is -0.122. The molecule has 1 saturated heterocycles. The standard InChI is InChI=1S/C13H22N4O/c1-16-7-2-4-12(16)10-15-13(18)11-17-8-3-5-14-6-9-17/h2,4,7,14H,3,5-6,8-11H2,1H3,(H,15,18). The molecule has 1 aromatic heterocycles. The molecule has 1 aromatic rings. The Hall–Kier alpha value is -1.33. The Morgan fingerprint density at radius 2 is 2.33 bits per heavy atom. The number of aryl methyl sites for hydroxylation is 1. The third-order valence-electron chi connectivity index (χ3n) is 3.32. The molecule has 1 fully saturated rings. The minimum Gasteiger partial charge on any atom is -0.353 e. The van der Waals surface area contributed by atoms with Gasteiger partial charge in [-0.05, 0) is 31.6 Å². The van der Waals surface area contributed by atoms with Crippen LogP contribution in [0.4, 0.5) is 0 Å². The SMILES string of the molecule is Cn1cccc1CNC(=O)CN1CCCNCC1. The fraction of sp³-hybridized carbons (Fsp3) is 0.615. The lowest BCUT2D eigenvalue weighted by atomic mass is 10.3. The summed E-state index contributed by atoms with van der Waals surface area (Å²) in [5, 5.41) is 6.31. The number of carbonyl (C=O) groups is 1. The van der Waals surface area contributed by atoms with Crippen molar-refractivity contribution < 1.29 is 4.79 Å². The summed E-state index contributed by atoms with van der Waals surface area (Å²) in [6, 6.07) is 4.01. The average Bonchev–Trinajstić information content (AvgIpc) is 2.61. The van der Waals surface area contributed by atoms with E-state index in [0.29, 0.717) is 13.1 Å². The van der Waals surface area contributed by atoms with Crippen LogP contribution in [0, 0.1) is 0 Å². The van der Waals surface area contributed by atoms with E-state index in [4.69, 9.17) is 0 Å². The van der Waals surface area contributed by atoms with E-state index in [1.54, 1.807) is 0 Å². The highest BCUT2D eigenvalue weighted by molar-refractivity contribution is 5.77. The maximum Gasteiger partial charge on any atom is 0.234 e. The summed E-state index contributed by atoms with van der Waals surface area (Å²) in [7, 11) is 1.99. The van der Waals surface area contributed by atoms with Crippen LogP contribution in [0.5, 0.6) is 0 Å². The Kier molecular flexibility index (Phi) is 4.78. The first-order chi connectivity index (χ1) is 8.75. The Morgan fingerprint density at radius 1 is 1.44 bits per heavy atom. The van der Waals surface area contributed by atoms with Crippen LogP contribution in [0.25, 0.3) is 0 Å². The third kappa shape index (κ3) is 3.85. The van der Waals surface area contributed by atoms with Gasteiger partial charge in [-0.3, -0.25) is 9.69 Å². The Balaban J connectivity index is 1.73. The number of nitrogens with one attached hydrogen (secondary N) is 2. The van der Waals surface area contributed by atoms with E-state index < -0.39 is 0 Å². The summed E-state index contributed by atoms with van der Waals surface area (Å²) in [6.45, 7) is 5.11. The molecule has 2 rings (SSSR count). The van der Waals surface area contributed by atoms with Crippen LogP contribution < -0.4 is 10.6 Å². The highest BCUT2D eigenvalue weighted by Crippen LogP contribution is 1.99. The first kappa shape index (κ1) is 13.1. The average molecular weight is 250 g/mol. The van der Waals surface area contributed by atoms with Crippen LogP contribution in [-0.4, -0.2) is 48.1 Å². The molecule has 0 spiro atoms. The molecule has 1 amide bonds. The molecule has 2 heterocycles. The highest BCUT2D eigenvalue weighted by atomic mass is 16.2. The normalized spacial score (nSPS) is 17.4. The molecule has 0 atom stereocenters. The number of aromatic nitrogens is 1. The molecule has 0 radical (unpaired) electrons. The van der Waals surface area contributed by atoms with Gasteiger partial charge in [-0.15, -0.1) is 0 Å². The van der Waals surface area contributed by atoms with Gasteiger partial charge in [0.15, 0.2) is 0 Å². The molecule has 0 aliphatic carbocycles. The molecule has 1 aliphatic heterocycles. The summed E-state index contributed by atoms with van der Waals surface area (Å²) >= 11 is 0. The lowest BCUT2D eigenvalue weighted by Gasteiger charge is -2.18. The topological polar surface area (TPSA) is 49.3 Å². The van der Waals surface area contributed by atoms with Gasteiger partial charge >= 0.3 is 0 Å². The number of rotatable bonds is 4. The maximum absolute atomic E-state index is 11.8. The Bertz CT molecular complexity index is 380. The summed E-state index contributed by atoms with van der Waals surface area (Å²) in [4.78, 5) is 14.1. The van der Waals surface area contributed by atoms with Crippen molar-refractivity contribution in [3.63, 3.8) is 0 Å². The van der Waals surface area contributed by atoms with Crippen molar-refractivity contribution in [2.75, 3.05) is 32.7 Å². The van der Waals surface area contributed by atoms with Crippen molar-refractivity contribution in [3.05, 3.63) is 24.0 Å². The van der Waals surface area contributed by atoms with E-state index in [9.17, 15) is 4.79 Å². The molecule has 0 saturated carbocycles. The molecule has 18 heavy (non-hydrogen) atoms. The van der Waals surface area contributed by atoms with Gasteiger partial charge in [0, 0.05) is 32.0 Å². The predicted molar refractivity (Wildman–Crippen MR) is 71.2 cm³/mol. The van der Waals surface area contributed by atoms with E-state index in [0.717, 1.165) is 38.3 Å². The first-order valence-corrected chi connectivity index (χ1v) is 6.55. The number of amides is 1. The van der Waals surface area contributed by atoms with Gasteiger partial charge in [0.05, 0.1) is 13.1 Å². The molecule has 0 aromatic carbocycles. The number of nitrogens with zero attached hydrogens (tertiary/aromatic N) is 2. The predicted octanol–water partition coefficient (Wildman–Crippen LogP) is -0.0634. The first-order valence-electron chi connectivity index (χ1n) is 6.55. The zero-order valence-electron chi connectivity index (χ0n) is 11.0. The number of hydrogen-bond acceptors (Lipinski definition) is 3. The molecule has 0 bridgehead atoms. The van der Waals surface area contributed by atoms with Gasteiger partial charge in [0.25, 0.3) is 0 Å². The maximum atomic E-state index is 11.8. The lowest BCUT2D eigenvalue weighted by Crippen LogP contribution is -2.38. The molecular weight excluding hydrogens is 228 g/mol. The summed E-state index contributed by atoms with van der Waals surface area (Å²) in [5.74, 6) is 0.109. The summed E-state index contributed by atoms with van der Waals surface area (Å²) in [5.41, 5.74) is 1.13. The van der Waals surface area contributed by atoms with Crippen molar-refractivity contribution in [1.82, 2.24) is 20.1 Å². The van der Waals surface area contributed by atoms with E-state index in [-0.39, 0.29) is 5.91 Å². The van der Waals surface area contributed by atoms with E-state index in [2.05, 4.69) is 15.5 Å². The minimum atomic E-state index is 0.109. The quantitative estimate of drug-likeness (QED) is 0.787. The van der Waals surface area contributed by atoms with Gasteiger partial charge in [-0.25, -0.2) is 0 Å². The van der Waals surface area contributed by atoms with Crippen LogP contribution in [-0.2, 0) is 18.4 Å². The van der Waals surface area contributed by atoms with E-state index >= 15 is 0 Å². The van der Waals surface area contributed by atoms with Gasteiger partial charge in [-0.1, -0.05) is 0 Å². The number of carbonyl (C=O) groups excluding carboxylic acids is 1. The second-order valence-corrected chi connectivity index (χ2v) is 4.77. The van der Waals surface area contributed by atoms with Gasteiger partial charge in [0.1, 0.15) is 0 Å². The van der Waals surface area contributed by atoms with Crippen LogP contribution in [0.1, 0.15) is 12.1 Å². The highest BCUT2D eigenvalue weighted by Gasteiger charge is 2.12. The van der Waals surface area contributed by atoms with Gasteiger partial charge in [0.2, 0.25) is 5.91 Å². The second kappa shape index (κ2) is 6.56. The van der Waals surface area contributed by atoms with E-state index in [1.165, 1.54) is 0 Å². The number of hydrogen-bond donors (Lipinski definition) is 2. The molecular formula is C13H22N4O. The largest absolute Gasteiger partial charge is 0.353 e. The Morgan fingerprint density at radius 3 is 3.11 bits per heavy atom. The zero-order valence-corrected chi connectivity index (χ0v) is 11.0. The molecule has 100 valence electrons. The van der Waals surface area contributed by atoms with Crippen LogP contribution in [0.3, 0.4) is 0 Å². The van der Waals surface area contributed by atoms with Crippen molar-refractivity contribution in [1.29, 1.82) is 0 Å². The smallest absolute Gasteiger partial charge is 0.234 e. The fourth-order valence-corrected chi connectivity index (χ4v) is 2.19. The van der Waals surface area contributed by atoms with Crippen molar-refractivity contribution >= 4 is 5.91 Å². The van der Waals surface area contributed by atoms with Crippen LogP contribution >= 0.6 is 0 Å². The molecule has 5 nitrogen and oxygen atoms in total. The van der Waals surface area contributed by atoms with Crippen molar-refractivity contribution in [2.24, 2.45) is 7.05 Å². The Labute approximate surface area is 108 Å². The molecule has 2 N–H and O–H groups in total. The molecule has 0 unspecified atom stereocenters. The summed E-state index contributed by atoms with van der Waals surface area (Å²) < 4.78 is 2.02. The minimum absolute atomic E-state index is 0.109. The monoisotopic (exact) mass is 250 g/mol. The second-order valence-electron chi connectivity index (χ2n) is 4.77. The van der Waals surface area contributed by atoms with Crippen molar-refractivity contribution in [3.8, 4) is 0 Å². The van der Waals surface area contributed by atoms with Gasteiger partial charge < -0.3 is 15.2 Å².